The van der Waals surface area contributed by atoms with Gasteiger partial charge in [-0.3, -0.25) is 0 Å². The molecule has 2 rings (SSSR count). The van der Waals surface area contributed by atoms with Crippen molar-refractivity contribution in [2.75, 3.05) is 13.1 Å². The van der Waals surface area contributed by atoms with Crippen molar-refractivity contribution in [3.8, 4) is 0 Å². The predicted octanol–water partition coefficient (Wildman–Crippen LogP) is 3.57. The molecule has 0 aliphatic carbocycles. The first kappa shape index (κ1) is 14.3. The van der Waals surface area contributed by atoms with Crippen LogP contribution < -0.4 is 0 Å². The van der Waals surface area contributed by atoms with Gasteiger partial charge in [-0.15, -0.1) is 0 Å². The molecule has 1 fully saturated rings. The summed E-state index contributed by atoms with van der Waals surface area (Å²) >= 11 is 3.33. The smallest absolute Gasteiger partial charge is 0.410 e. The molecule has 1 unspecified atom stereocenters. The van der Waals surface area contributed by atoms with E-state index in [0.29, 0.717) is 12.5 Å². The molecule has 1 aliphatic heterocycles. The van der Waals surface area contributed by atoms with E-state index in [-0.39, 0.29) is 6.09 Å². The van der Waals surface area contributed by atoms with Crippen LogP contribution in [0, 0.1) is 0 Å². The van der Waals surface area contributed by atoms with E-state index in [0.717, 1.165) is 17.6 Å². The van der Waals surface area contributed by atoms with Crippen molar-refractivity contribution in [2.24, 2.45) is 0 Å². The molecule has 0 bridgehead atoms. The zero-order valence-electron chi connectivity index (χ0n) is 11.5. The lowest BCUT2D eigenvalue weighted by atomic mass is 10.0. The number of amides is 1. The minimum atomic E-state index is -0.436. The van der Waals surface area contributed by atoms with Crippen LogP contribution in [0.5, 0.6) is 0 Å². The number of halogens is 1. The van der Waals surface area contributed by atoms with Gasteiger partial charge in [0.05, 0.1) is 0 Å². The molecule has 0 aromatic carbocycles. The highest BCUT2D eigenvalue weighted by atomic mass is 79.9. The third-order valence-electron chi connectivity index (χ3n) is 3.06. The molecule has 1 aromatic heterocycles. The van der Waals surface area contributed by atoms with Crippen molar-refractivity contribution in [3.05, 3.63) is 28.5 Å². The maximum absolute atomic E-state index is 12.0. The Labute approximate surface area is 122 Å². The Morgan fingerprint density at radius 2 is 2.21 bits per heavy atom. The molecule has 1 amide bonds. The Morgan fingerprint density at radius 1 is 1.47 bits per heavy atom. The molecule has 1 saturated heterocycles. The summed E-state index contributed by atoms with van der Waals surface area (Å²) in [5.41, 5.74) is 0.739. The highest BCUT2D eigenvalue weighted by Gasteiger charge is 2.30. The molecular formula is C14H19BrN2O2. The zero-order chi connectivity index (χ0) is 14.0. The lowest BCUT2D eigenvalue weighted by Crippen LogP contribution is -2.35. The minimum Gasteiger partial charge on any atom is -0.444 e. The van der Waals surface area contributed by atoms with Gasteiger partial charge >= 0.3 is 6.09 Å². The van der Waals surface area contributed by atoms with E-state index in [9.17, 15) is 4.79 Å². The number of rotatable bonds is 1. The Balaban J connectivity index is 1.96. The fourth-order valence-corrected chi connectivity index (χ4v) is 2.39. The molecule has 1 aliphatic rings. The standard InChI is InChI=1S/C14H19BrN2O2/c1-14(2,3)19-13(18)17-7-6-11(9-17)10-4-5-12(15)16-8-10/h4-5,8,11H,6-7,9H2,1-3H3. The summed E-state index contributed by atoms with van der Waals surface area (Å²) in [5, 5.41) is 0. The second-order valence-electron chi connectivity index (χ2n) is 5.83. The fourth-order valence-electron chi connectivity index (χ4n) is 2.15. The number of likely N-dealkylation sites (tertiary alicyclic amines) is 1. The Kier molecular flexibility index (Phi) is 4.13. The van der Waals surface area contributed by atoms with E-state index in [4.69, 9.17) is 4.74 Å². The van der Waals surface area contributed by atoms with E-state index < -0.39 is 5.60 Å². The van der Waals surface area contributed by atoms with Crippen LogP contribution in [0.1, 0.15) is 38.7 Å². The zero-order valence-corrected chi connectivity index (χ0v) is 13.1. The fraction of sp³-hybridized carbons (Fsp3) is 0.571. The maximum Gasteiger partial charge on any atom is 0.410 e. The second kappa shape index (κ2) is 5.49. The Bertz CT molecular complexity index is 454. The molecular weight excluding hydrogens is 308 g/mol. The van der Waals surface area contributed by atoms with Crippen LogP contribution in [0.3, 0.4) is 0 Å². The first-order valence-electron chi connectivity index (χ1n) is 6.44. The quantitative estimate of drug-likeness (QED) is 0.741. The van der Waals surface area contributed by atoms with Crippen LogP contribution >= 0.6 is 15.9 Å². The monoisotopic (exact) mass is 326 g/mol. The summed E-state index contributed by atoms with van der Waals surface area (Å²) in [4.78, 5) is 18.0. The lowest BCUT2D eigenvalue weighted by Gasteiger charge is -2.24. The first-order valence-corrected chi connectivity index (χ1v) is 7.24. The van der Waals surface area contributed by atoms with Gasteiger partial charge in [-0.2, -0.15) is 0 Å². The molecule has 1 aromatic rings. The van der Waals surface area contributed by atoms with Gasteiger partial charge in [0.15, 0.2) is 0 Å². The van der Waals surface area contributed by atoms with Crippen molar-refractivity contribution < 1.29 is 9.53 Å². The molecule has 2 heterocycles. The largest absolute Gasteiger partial charge is 0.444 e. The predicted molar refractivity (Wildman–Crippen MR) is 77.1 cm³/mol. The summed E-state index contributed by atoms with van der Waals surface area (Å²) in [7, 11) is 0. The number of nitrogens with zero attached hydrogens (tertiary/aromatic N) is 2. The molecule has 0 radical (unpaired) electrons. The van der Waals surface area contributed by atoms with Gasteiger partial charge in [0.2, 0.25) is 0 Å². The number of pyridine rings is 1. The third kappa shape index (κ3) is 3.93. The molecule has 0 spiro atoms. The second-order valence-corrected chi connectivity index (χ2v) is 6.64. The highest BCUT2D eigenvalue weighted by Crippen LogP contribution is 2.28. The van der Waals surface area contributed by atoms with E-state index >= 15 is 0 Å². The number of aromatic nitrogens is 1. The third-order valence-corrected chi connectivity index (χ3v) is 3.53. The van der Waals surface area contributed by atoms with Gasteiger partial charge in [0.1, 0.15) is 10.2 Å². The van der Waals surface area contributed by atoms with Gasteiger partial charge in [0, 0.05) is 25.2 Å². The number of carbonyl (C=O) groups excluding carboxylic acids is 1. The average molecular weight is 327 g/mol. The van der Waals surface area contributed by atoms with Crippen LogP contribution in [0.4, 0.5) is 4.79 Å². The van der Waals surface area contributed by atoms with Crippen molar-refractivity contribution in [3.63, 3.8) is 0 Å². The van der Waals surface area contributed by atoms with Crippen molar-refractivity contribution >= 4 is 22.0 Å². The van der Waals surface area contributed by atoms with E-state index in [1.165, 1.54) is 5.56 Å². The molecule has 104 valence electrons. The van der Waals surface area contributed by atoms with Crippen molar-refractivity contribution in [1.29, 1.82) is 0 Å². The molecule has 0 N–H and O–H groups in total. The number of carbonyl (C=O) groups is 1. The maximum atomic E-state index is 12.0. The van der Waals surface area contributed by atoms with Gasteiger partial charge in [-0.05, 0) is 54.8 Å². The minimum absolute atomic E-state index is 0.222. The highest BCUT2D eigenvalue weighted by molar-refractivity contribution is 9.10. The summed E-state index contributed by atoms with van der Waals surface area (Å²) in [6.07, 6.45) is 2.61. The normalized spacial score (nSPS) is 19.6. The van der Waals surface area contributed by atoms with Crippen LogP contribution in [-0.4, -0.2) is 34.7 Å². The molecule has 1 atom stereocenters. The van der Waals surface area contributed by atoms with E-state index in [1.54, 1.807) is 4.90 Å². The number of hydrogen-bond donors (Lipinski definition) is 0. The molecule has 4 nitrogen and oxygen atoms in total. The van der Waals surface area contributed by atoms with Crippen LogP contribution in [0.25, 0.3) is 0 Å². The summed E-state index contributed by atoms with van der Waals surface area (Å²) < 4.78 is 6.22. The molecule has 19 heavy (non-hydrogen) atoms. The number of hydrogen-bond acceptors (Lipinski definition) is 3. The van der Waals surface area contributed by atoms with Gasteiger partial charge < -0.3 is 9.64 Å². The molecule has 5 heteroatoms. The van der Waals surface area contributed by atoms with Crippen molar-refractivity contribution in [2.45, 2.75) is 38.7 Å². The van der Waals surface area contributed by atoms with Gasteiger partial charge in [0.25, 0.3) is 0 Å². The van der Waals surface area contributed by atoms with Crippen LogP contribution in [0.2, 0.25) is 0 Å². The number of ether oxygens (including phenoxy) is 1. The van der Waals surface area contributed by atoms with Gasteiger partial charge in [-0.25, -0.2) is 9.78 Å². The summed E-state index contributed by atoms with van der Waals surface area (Å²) in [6.45, 7) is 7.11. The van der Waals surface area contributed by atoms with E-state index in [1.807, 2.05) is 33.0 Å². The summed E-state index contributed by atoms with van der Waals surface area (Å²) in [6, 6.07) is 3.99. The lowest BCUT2D eigenvalue weighted by molar-refractivity contribution is 0.0292. The van der Waals surface area contributed by atoms with Crippen molar-refractivity contribution in [1.82, 2.24) is 9.88 Å². The molecule has 0 saturated carbocycles. The van der Waals surface area contributed by atoms with E-state index in [2.05, 4.69) is 27.0 Å². The summed E-state index contributed by atoms with van der Waals surface area (Å²) in [5.74, 6) is 0.355. The van der Waals surface area contributed by atoms with Crippen LogP contribution in [-0.2, 0) is 4.74 Å². The Hall–Kier alpha value is -1.10. The Morgan fingerprint density at radius 3 is 2.79 bits per heavy atom. The SMILES string of the molecule is CC(C)(C)OC(=O)N1CCC(c2ccc(Br)nc2)C1. The average Bonchev–Trinajstić information content (AvgIpc) is 2.77. The first-order chi connectivity index (χ1) is 8.85. The van der Waals surface area contributed by atoms with Crippen LogP contribution in [0.15, 0.2) is 22.9 Å². The topological polar surface area (TPSA) is 42.4 Å². The van der Waals surface area contributed by atoms with Gasteiger partial charge in [-0.1, -0.05) is 6.07 Å².